The summed E-state index contributed by atoms with van der Waals surface area (Å²) in [7, 11) is 2.20. The molecular weight excluding hydrogens is 224 g/mol. The highest BCUT2D eigenvalue weighted by molar-refractivity contribution is 5.68. The fourth-order valence-corrected chi connectivity index (χ4v) is 2.95. The van der Waals surface area contributed by atoms with Gasteiger partial charge >= 0.3 is 0 Å². The van der Waals surface area contributed by atoms with Crippen molar-refractivity contribution in [3.8, 4) is 0 Å². The van der Waals surface area contributed by atoms with Crippen molar-refractivity contribution in [2.24, 2.45) is 5.92 Å². The van der Waals surface area contributed by atoms with E-state index in [-0.39, 0.29) is 0 Å². The minimum absolute atomic E-state index is 0.718. The van der Waals surface area contributed by atoms with Gasteiger partial charge in [-0.25, -0.2) is 4.98 Å². The van der Waals surface area contributed by atoms with Crippen molar-refractivity contribution in [2.75, 3.05) is 25.9 Å². The number of rotatable bonds is 2. The summed E-state index contributed by atoms with van der Waals surface area (Å²) in [4.78, 5) is 6.95. The van der Waals surface area contributed by atoms with Crippen LogP contribution in [0.5, 0.6) is 0 Å². The molecule has 1 aliphatic rings. The maximum atomic E-state index is 5.96. The number of nitrogens with zero attached hydrogens (tertiary/aromatic N) is 3. The van der Waals surface area contributed by atoms with Crippen LogP contribution < -0.4 is 5.73 Å². The van der Waals surface area contributed by atoms with Crippen molar-refractivity contribution in [1.82, 2.24) is 14.3 Å². The number of anilines is 1. The Bertz CT molecular complexity index is 546. The molecule has 0 amide bonds. The summed E-state index contributed by atoms with van der Waals surface area (Å²) < 4.78 is 2.13. The first-order valence-corrected chi connectivity index (χ1v) is 6.63. The first-order valence-electron chi connectivity index (χ1n) is 6.63. The van der Waals surface area contributed by atoms with Crippen molar-refractivity contribution in [2.45, 2.75) is 19.3 Å². The summed E-state index contributed by atoms with van der Waals surface area (Å²) in [5.74, 6) is 1.85. The number of likely N-dealkylation sites (tertiary alicyclic amines) is 1. The summed E-state index contributed by atoms with van der Waals surface area (Å²) in [5.41, 5.74) is 7.78. The Morgan fingerprint density at radius 2 is 2.39 bits per heavy atom. The molecule has 3 heterocycles. The normalized spacial score (nSPS) is 21.5. The van der Waals surface area contributed by atoms with Gasteiger partial charge in [0.1, 0.15) is 5.82 Å². The molecule has 1 atom stereocenters. The first-order chi connectivity index (χ1) is 8.74. The van der Waals surface area contributed by atoms with Crippen LogP contribution in [-0.4, -0.2) is 34.4 Å². The number of fused-ring (bicyclic) bond motifs is 1. The molecule has 2 N–H and O–H groups in total. The van der Waals surface area contributed by atoms with Crippen molar-refractivity contribution in [1.29, 1.82) is 0 Å². The van der Waals surface area contributed by atoms with Crippen molar-refractivity contribution < 1.29 is 0 Å². The second-order valence-electron chi connectivity index (χ2n) is 5.37. The van der Waals surface area contributed by atoms with Gasteiger partial charge in [0.2, 0.25) is 0 Å². The Balaban J connectivity index is 1.84. The molecule has 1 aliphatic heterocycles. The van der Waals surface area contributed by atoms with E-state index in [9.17, 15) is 0 Å². The Kier molecular flexibility index (Phi) is 2.96. The predicted molar refractivity (Wildman–Crippen MR) is 73.5 cm³/mol. The summed E-state index contributed by atoms with van der Waals surface area (Å²) in [6.07, 6.45) is 7.59. The largest absolute Gasteiger partial charge is 0.397 e. The van der Waals surface area contributed by atoms with E-state index >= 15 is 0 Å². The molecule has 0 spiro atoms. The molecule has 2 aromatic rings. The fourth-order valence-electron chi connectivity index (χ4n) is 2.95. The second-order valence-corrected chi connectivity index (χ2v) is 5.37. The van der Waals surface area contributed by atoms with Crippen LogP contribution in [0.4, 0.5) is 5.69 Å². The maximum Gasteiger partial charge on any atom is 0.113 e. The quantitative estimate of drug-likeness (QED) is 0.876. The molecule has 0 radical (unpaired) electrons. The van der Waals surface area contributed by atoms with Gasteiger partial charge in [-0.3, -0.25) is 0 Å². The molecule has 0 saturated carbocycles. The molecule has 4 heteroatoms. The van der Waals surface area contributed by atoms with Crippen molar-refractivity contribution in [3.63, 3.8) is 0 Å². The number of nitrogens with two attached hydrogens (primary N) is 1. The van der Waals surface area contributed by atoms with E-state index in [0.29, 0.717) is 0 Å². The zero-order valence-corrected chi connectivity index (χ0v) is 10.8. The van der Waals surface area contributed by atoms with Crippen LogP contribution in [0.25, 0.3) is 5.52 Å². The Labute approximate surface area is 107 Å². The fraction of sp³-hybridized carbons (Fsp3) is 0.500. The molecule has 1 saturated heterocycles. The third kappa shape index (κ3) is 2.08. The number of nitrogen functional groups attached to an aromatic ring is 1. The van der Waals surface area contributed by atoms with Gasteiger partial charge in [0.05, 0.1) is 17.4 Å². The third-order valence-electron chi connectivity index (χ3n) is 3.87. The lowest BCUT2D eigenvalue weighted by Crippen LogP contribution is -2.33. The molecule has 0 bridgehead atoms. The van der Waals surface area contributed by atoms with Crippen LogP contribution >= 0.6 is 0 Å². The van der Waals surface area contributed by atoms with Crippen LogP contribution in [0.15, 0.2) is 24.5 Å². The zero-order valence-electron chi connectivity index (χ0n) is 10.8. The Morgan fingerprint density at radius 3 is 3.22 bits per heavy atom. The Hall–Kier alpha value is -1.55. The average molecular weight is 244 g/mol. The number of hydrogen-bond acceptors (Lipinski definition) is 3. The number of hydrogen-bond donors (Lipinski definition) is 1. The van der Waals surface area contributed by atoms with Crippen LogP contribution in [-0.2, 0) is 6.42 Å². The van der Waals surface area contributed by atoms with E-state index in [4.69, 9.17) is 5.73 Å². The standard InChI is InChI=1S/C14H20N4/c1-17-6-2-4-11(10-17)8-14-16-9-13-12(15)5-3-7-18(13)14/h3,5,7,9,11H,2,4,6,8,10,15H2,1H3. The van der Waals surface area contributed by atoms with Gasteiger partial charge in [0.15, 0.2) is 0 Å². The van der Waals surface area contributed by atoms with Gasteiger partial charge in [0.25, 0.3) is 0 Å². The van der Waals surface area contributed by atoms with Crippen molar-refractivity contribution >= 4 is 11.2 Å². The lowest BCUT2D eigenvalue weighted by Gasteiger charge is -2.29. The highest BCUT2D eigenvalue weighted by atomic mass is 15.1. The summed E-state index contributed by atoms with van der Waals surface area (Å²) >= 11 is 0. The number of piperidine rings is 1. The van der Waals surface area contributed by atoms with Gasteiger partial charge in [-0.05, 0) is 44.5 Å². The predicted octanol–water partition coefficient (Wildman–Crippen LogP) is 1.80. The second kappa shape index (κ2) is 4.61. The molecule has 4 nitrogen and oxygen atoms in total. The van der Waals surface area contributed by atoms with E-state index < -0.39 is 0 Å². The minimum Gasteiger partial charge on any atom is -0.397 e. The monoisotopic (exact) mass is 244 g/mol. The van der Waals surface area contributed by atoms with E-state index in [1.54, 1.807) is 0 Å². The van der Waals surface area contributed by atoms with Gasteiger partial charge in [-0.1, -0.05) is 0 Å². The molecule has 3 rings (SSSR count). The van der Waals surface area contributed by atoms with Crippen LogP contribution in [0.2, 0.25) is 0 Å². The van der Waals surface area contributed by atoms with Gasteiger partial charge in [-0.15, -0.1) is 0 Å². The van der Waals surface area contributed by atoms with Gasteiger partial charge < -0.3 is 15.0 Å². The summed E-state index contributed by atoms with van der Waals surface area (Å²) in [5, 5.41) is 0. The Morgan fingerprint density at radius 1 is 1.50 bits per heavy atom. The van der Waals surface area contributed by atoms with Crippen LogP contribution in [0, 0.1) is 5.92 Å². The number of aromatic nitrogens is 2. The first kappa shape index (κ1) is 11.5. The maximum absolute atomic E-state index is 5.96. The molecular formula is C14H20N4. The summed E-state index contributed by atoms with van der Waals surface area (Å²) in [6, 6.07) is 3.91. The van der Waals surface area contributed by atoms with Crippen LogP contribution in [0.1, 0.15) is 18.7 Å². The number of imidazole rings is 1. The SMILES string of the molecule is CN1CCCC(Cc2ncc3c(N)cccn23)C1. The molecule has 0 aromatic carbocycles. The lowest BCUT2D eigenvalue weighted by atomic mass is 9.95. The highest BCUT2D eigenvalue weighted by Gasteiger charge is 2.19. The third-order valence-corrected chi connectivity index (χ3v) is 3.87. The smallest absolute Gasteiger partial charge is 0.113 e. The zero-order chi connectivity index (χ0) is 12.5. The highest BCUT2D eigenvalue weighted by Crippen LogP contribution is 2.21. The van der Waals surface area contributed by atoms with Gasteiger partial charge in [-0.2, -0.15) is 0 Å². The molecule has 18 heavy (non-hydrogen) atoms. The minimum atomic E-state index is 0.718. The van der Waals surface area contributed by atoms with E-state index in [0.717, 1.165) is 29.4 Å². The molecule has 1 fully saturated rings. The van der Waals surface area contributed by atoms with E-state index in [2.05, 4.69) is 27.5 Å². The molecule has 1 unspecified atom stereocenters. The topological polar surface area (TPSA) is 46.6 Å². The lowest BCUT2D eigenvalue weighted by molar-refractivity contribution is 0.207. The van der Waals surface area contributed by atoms with Crippen LogP contribution in [0.3, 0.4) is 0 Å². The molecule has 0 aliphatic carbocycles. The van der Waals surface area contributed by atoms with E-state index in [1.807, 2.05) is 18.3 Å². The molecule has 2 aromatic heterocycles. The van der Waals surface area contributed by atoms with Crippen molar-refractivity contribution in [3.05, 3.63) is 30.4 Å². The number of pyridine rings is 1. The van der Waals surface area contributed by atoms with Gasteiger partial charge in [0, 0.05) is 19.2 Å². The van der Waals surface area contributed by atoms with E-state index in [1.165, 1.54) is 25.9 Å². The molecule has 96 valence electrons. The average Bonchev–Trinajstić information content (AvgIpc) is 2.74. The summed E-state index contributed by atoms with van der Waals surface area (Å²) in [6.45, 7) is 2.41.